The monoisotopic (exact) mass is 256 g/mol. The molecule has 2 rings (SSSR count). The number of anilines is 1. The molecule has 1 fully saturated rings. The first-order valence-electron chi connectivity index (χ1n) is 4.86. The fraction of sp³-hybridized carbons (Fsp3) is 0.300. The summed E-state index contributed by atoms with van der Waals surface area (Å²) in [5, 5.41) is 18.4. The van der Waals surface area contributed by atoms with Gasteiger partial charge in [0.2, 0.25) is 5.91 Å². The Kier molecular flexibility index (Phi) is 2.99. The highest BCUT2D eigenvalue weighted by molar-refractivity contribution is 6.29. The number of carboxylic acid groups (broad SMARTS) is 1. The summed E-state index contributed by atoms with van der Waals surface area (Å²) in [6.07, 6.45) is 0.434. The van der Waals surface area contributed by atoms with E-state index in [9.17, 15) is 14.7 Å². The highest BCUT2D eigenvalue weighted by atomic mass is 35.5. The van der Waals surface area contributed by atoms with Crippen molar-refractivity contribution in [3.05, 3.63) is 23.0 Å². The minimum atomic E-state index is -1.20. The fourth-order valence-corrected chi connectivity index (χ4v) is 1.89. The molecule has 1 aliphatic heterocycles. The van der Waals surface area contributed by atoms with Crippen LogP contribution < -0.4 is 4.90 Å². The first kappa shape index (κ1) is 11.8. The Bertz CT molecular complexity index is 491. The Hall–Kier alpha value is -1.66. The molecule has 1 saturated heterocycles. The van der Waals surface area contributed by atoms with Crippen molar-refractivity contribution in [3.63, 3.8) is 0 Å². The maximum Gasteiger partial charge on any atom is 0.337 e. The van der Waals surface area contributed by atoms with Crippen LogP contribution in [0.15, 0.2) is 12.3 Å². The normalized spacial score (nSPS) is 19.8. The first-order chi connectivity index (χ1) is 7.99. The van der Waals surface area contributed by atoms with Crippen molar-refractivity contribution in [2.45, 2.75) is 12.5 Å². The van der Waals surface area contributed by atoms with E-state index in [0.717, 1.165) is 0 Å². The Balaban J connectivity index is 2.45. The first-order valence-corrected chi connectivity index (χ1v) is 5.24. The minimum absolute atomic E-state index is 0.0122. The number of aromatic carboxylic acids is 1. The molecule has 0 aromatic carbocycles. The average molecular weight is 257 g/mol. The van der Waals surface area contributed by atoms with E-state index in [-0.39, 0.29) is 35.3 Å². The Morgan fingerprint density at radius 2 is 2.29 bits per heavy atom. The summed E-state index contributed by atoms with van der Waals surface area (Å²) in [5.41, 5.74) is 0.0518. The molecule has 0 bridgehead atoms. The van der Waals surface area contributed by atoms with Crippen molar-refractivity contribution in [2.75, 3.05) is 11.4 Å². The van der Waals surface area contributed by atoms with Gasteiger partial charge in [0, 0.05) is 0 Å². The molecule has 1 amide bonds. The van der Waals surface area contributed by atoms with Gasteiger partial charge in [-0.3, -0.25) is 4.79 Å². The highest BCUT2D eigenvalue weighted by Gasteiger charge is 2.31. The SMILES string of the molecule is O=C(O)c1cc(Cl)ncc1N1CC(O)CC1=O. The number of aliphatic hydroxyl groups excluding tert-OH is 1. The van der Waals surface area contributed by atoms with E-state index in [1.54, 1.807) is 0 Å². The molecule has 1 atom stereocenters. The third-order valence-electron chi connectivity index (χ3n) is 2.48. The highest BCUT2D eigenvalue weighted by Crippen LogP contribution is 2.26. The van der Waals surface area contributed by atoms with Crippen molar-refractivity contribution < 1.29 is 19.8 Å². The lowest BCUT2D eigenvalue weighted by atomic mass is 10.2. The third kappa shape index (κ3) is 2.22. The molecular weight excluding hydrogens is 248 g/mol. The zero-order valence-corrected chi connectivity index (χ0v) is 9.39. The van der Waals surface area contributed by atoms with Gasteiger partial charge in [-0.05, 0) is 6.07 Å². The quantitative estimate of drug-likeness (QED) is 0.754. The number of amides is 1. The van der Waals surface area contributed by atoms with E-state index < -0.39 is 12.1 Å². The minimum Gasteiger partial charge on any atom is -0.478 e. The summed E-state index contributed by atoms with van der Waals surface area (Å²) < 4.78 is 0. The summed E-state index contributed by atoms with van der Waals surface area (Å²) in [6.45, 7) is 0.0719. The van der Waals surface area contributed by atoms with E-state index >= 15 is 0 Å². The molecule has 7 heteroatoms. The van der Waals surface area contributed by atoms with Crippen LogP contribution in [-0.4, -0.2) is 39.7 Å². The molecule has 1 aromatic rings. The molecule has 6 nitrogen and oxygen atoms in total. The summed E-state index contributed by atoms with van der Waals surface area (Å²) in [6, 6.07) is 1.18. The lowest BCUT2D eigenvalue weighted by Crippen LogP contribution is -2.27. The van der Waals surface area contributed by atoms with Crippen LogP contribution in [0.2, 0.25) is 5.15 Å². The third-order valence-corrected chi connectivity index (χ3v) is 2.68. The Morgan fingerprint density at radius 3 is 2.82 bits per heavy atom. The molecule has 2 N–H and O–H groups in total. The smallest absolute Gasteiger partial charge is 0.337 e. The van der Waals surface area contributed by atoms with Gasteiger partial charge in [0.15, 0.2) is 0 Å². The van der Waals surface area contributed by atoms with Gasteiger partial charge in [-0.15, -0.1) is 0 Å². The Morgan fingerprint density at radius 1 is 1.59 bits per heavy atom. The molecule has 17 heavy (non-hydrogen) atoms. The molecule has 90 valence electrons. The number of rotatable bonds is 2. The molecule has 1 unspecified atom stereocenters. The maximum atomic E-state index is 11.6. The van der Waals surface area contributed by atoms with Crippen molar-refractivity contribution in [1.82, 2.24) is 4.98 Å². The van der Waals surface area contributed by atoms with Gasteiger partial charge in [-0.1, -0.05) is 11.6 Å². The molecule has 0 spiro atoms. The number of aromatic nitrogens is 1. The molecule has 0 saturated carbocycles. The summed E-state index contributed by atoms with van der Waals surface area (Å²) in [7, 11) is 0. The lowest BCUT2D eigenvalue weighted by Gasteiger charge is -2.17. The molecule has 1 aromatic heterocycles. The zero-order chi connectivity index (χ0) is 12.6. The van der Waals surface area contributed by atoms with Gasteiger partial charge in [-0.25, -0.2) is 9.78 Å². The largest absolute Gasteiger partial charge is 0.478 e. The number of aliphatic hydroxyl groups is 1. The van der Waals surface area contributed by atoms with Crippen LogP contribution in [0.4, 0.5) is 5.69 Å². The predicted octanol–water partition coefficient (Wildman–Crippen LogP) is 0.531. The van der Waals surface area contributed by atoms with E-state index in [4.69, 9.17) is 16.7 Å². The van der Waals surface area contributed by atoms with Crippen LogP contribution in [0.5, 0.6) is 0 Å². The lowest BCUT2D eigenvalue weighted by molar-refractivity contribution is -0.117. The van der Waals surface area contributed by atoms with Crippen molar-refractivity contribution >= 4 is 29.2 Å². The molecule has 0 radical (unpaired) electrons. The number of β-amino-alcohol motifs (C(OH)–C–C–N with tert-alkyl or cyclic N) is 1. The van der Waals surface area contributed by atoms with Gasteiger partial charge in [0.1, 0.15) is 5.15 Å². The molecular formula is C10H9ClN2O4. The standard InChI is InChI=1S/C10H9ClN2O4/c11-8-2-6(10(16)17)7(3-12-8)13-4-5(14)1-9(13)15/h2-3,5,14H,1,4H2,(H,16,17). The van der Waals surface area contributed by atoms with Crippen LogP contribution in [0.3, 0.4) is 0 Å². The summed E-state index contributed by atoms with van der Waals surface area (Å²) in [4.78, 5) is 27.5. The van der Waals surface area contributed by atoms with Crippen LogP contribution in [0.1, 0.15) is 16.8 Å². The van der Waals surface area contributed by atoms with Crippen LogP contribution in [0, 0.1) is 0 Å². The molecule has 0 aliphatic carbocycles. The topological polar surface area (TPSA) is 90.7 Å². The number of nitrogens with zero attached hydrogens (tertiary/aromatic N) is 2. The zero-order valence-electron chi connectivity index (χ0n) is 8.63. The van der Waals surface area contributed by atoms with Gasteiger partial charge in [0.05, 0.1) is 36.5 Å². The van der Waals surface area contributed by atoms with Crippen LogP contribution >= 0.6 is 11.6 Å². The van der Waals surface area contributed by atoms with E-state index in [1.165, 1.54) is 17.2 Å². The second kappa shape index (κ2) is 4.31. The predicted molar refractivity (Wildman–Crippen MR) is 59.2 cm³/mol. The average Bonchev–Trinajstić information content (AvgIpc) is 2.57. The maximum absolute atomic E-state index is 11.6. The van der Waals surface area contributed by atoms with E-state index in [2.05, 4.69) is 4.98 Å². The number of hydrogen-bond donors (Lipinski definition) is 2. The Labute approximate surface area is 101 Å². The number of carbonyl (C=O) groups excluding carboxylic acids is 1. The van der Waals surface area contributed by atoms with Gasteiger partial charge >= 0.3 is 5.97 Å². The second-order valence-corrected chi connectivity index (χ2v) is 4.08. The summed E-state index contributed by atoms with van der Waals surface area (Å²) in [5.74, 6) is -1.53. The van der Waals surface area contributed by atoms with E-state index in [0.29, 0.717) is 0 Å². The van der Waals surface area contributed by atoms with Gasteiger partial charge in [-0.2, -0.15) is 0 Å². The number of pyridine rings is 1. The van der Waals surface area contributed by atoms with Crippen LogP contribution in [0.25, 0.3) is 0 Å². The van der Waals surface area contributed by atoms with Crippen molar-refractivity contribution in [2.24, 2.45) is 0 Å². The number of carbonyl (C=O) groups is 2. The fourth-order valence-electron chi connectivity index (χ4n) is 1.73. The van der Waals surface area contributed by atoms with Crippen LogP contribution in [-0.2, 0) is 4.79 Å². The number of halogens is 1. The number of carboxylic acids is 1. The van der Waals surface area contributed by atoms with Crippen molar-refractivity contribution in [3.8, 4) is 0 Å². The molecule has 2 heterocycles. The number of hydrogen-bond acceptors (Lipinski definition) is 4. The second-order valence-electron chi connectivity index (χ2n) is 3.69. The summed E-state index contributed by atoms with van der Waals surface area (Å²) >= 11 is 5.61. The van der Waals surface area contributed by atoms with Crippen molar-refractivity contribution in [1.29, 1.82) is 0 Å². The van der Waals surface area contributed by atoms with Gasteiger partial charge < -0.3 is 15.1 Å². The van der Waals surface area contributed by atoms with E-state index in [1.807, 2.05) is 0 Å². The van der Waals surface area contributed by atoms with Gasteiger partial charge in [0.25, 0.3) is 0 Å². The molecule has 1 aliphatic rings.